The van der Waals surface area contributed by atoms with Gasteiger partial charge in [0.1, 0.15) is 0 Å². The number of carboxylic acids is 1. The molecule has 0 aliphatic carbocycles. The van der Waals surface area contributed by atoms with Gasteiger partial charge in [-0.1, -0.05) is 13.8 Å². The van der Waals surface area contributed by atoms with Crippen molar-refractivity contribution in [2.24, 2.45) is 5.92 Å². The van der Waals surface area contributed by atoms with Gasteiger partial charge < -0.3 is 20.1 Å². The molecule has 1 unspecified atom stereocenters. The minimum atomic E-state index is -0.892. The van der Waals surface area contributed by atoms with E-state index < -0.39 is 5.97 Å². The van der Waals surface area contributed by atoms with E-state index in [1.54, 1.807) is 12.0 Å². The molecule has 1 fully saturated rings. The summed E-state index contributed by atoms with van der Waals surface area (Å²) in [6.07, 6.45) is 1.84. The molecule has 2 amide bonds. The van der Waals surface area contributed by atoms with Crippen LogP contribution in [-0.4, -0.2) is 54.4 Å². The fourth-order valence-electron chi connectivity index (χ4n) is 2.19. The average molecular weight is 272 g/mol. The molecule has 2 N–H and O–H groups in total. The average Bonchev–Trinajstić information content (AvgIpc) is 2.37. The molecule has 1 aliphatic heterocycles. The van der Waals surface area contributed by atoms with E-state index in [0.29, 0.717) is 13.1 Å². The number of methoxy groups -OCH3 is 1. The first-order valence-corrected chi connectivity index (χ1v) is 6.74. The van der Waals surface area contributed by atoms with Crippen LogP contribution >= 0.6 is 0 Å². The first-order chi connectivity index (χ1) is 8.93. The highest BCUT2D eigenvalue weighted by molar-refractivity contribution is 5.76. The molecular formula is C13H24N2O4. The van der Waals surface area contributed by atoms with E-state index in [9.17, 15) is 9.59 Å². The standard InChI is InChI=1S/C13H24N2O4/c1-9(2)11(8-12(16)17)14-13(18)15-6-4-10(19-3)5-7-15/h9-11H,4-8H2,1-3H3,(H,14,18)(H,16,17). The van der Waals surface area contributed by atoms with Gasteiger partial charge in [0.25, 0.3) is 0 Å². The maximum absolute atomic E-state index is 12.1. The molecule has 0 radical (unpaired) electrons. The number of piperidine rings is 1. The smallest absolute Gasteiger partial charge is 0.317 e. The number of amides is 2. The Kier molecular flexibility index (Phi) is 6.08. The number of nitrogens with one attached hydrogen (secondary N) is 1. The van der Waals surface area contributed by atoms with E-state index >= 15 is 0 Å². The SMILES string of the molecule is COC1CCN(C(=O)NC(CC(=O)O)C(C)C)CC1. The lowest BCUT2D eigenvalue weighted by Crippen LogP contribution is -2.50. The van der Waals surface area contributed by atoms with Gasteiger partial charge in [-0.05, 0) is 18.8 Å². The highest BCUT2D eigenvalue weighted by Gasteiger charge is 2.26. The molecule has 0 aromatic heterocycles. The Morgan fingerprint density at radius 2 is 1.95 bits per heavy atom. The summed E-state index contributed by atoms with van der Waals surface area (Å²) < 4.78 is 5.26. The molecule has 0 saturated carbocycles. The van der Waals surface area contributed by atoms with Crippen LogP contribution in [0.1, 0.15) is 33.1 Å². The van der Waals surface area contributed by atoms with Crippen molar-refractivity contribution in [2.45, 2.75) is 45.3 Å². The monoisotopic (exact) mass is 272 g/mol. The number of urea groups is 1. The highest BCUT2D eigenvalue weighted by atomic mass is 16.5. The molecule has 1 saturated heterocycles. The van der Waals surface area contributed by atoms with Crippen molar-refractivity contribution in [1.29, 1.82) is 0 Å². The van der Waals surface area contributed by atoms with Crippen LogP contribution in [0.15, 0.2) is 0 Å². The van der Waals surface area contributed by atoms with E-state index in [-0.39, 0.29) is 30.5 Å². The van der Waals surface area contributed by atoms with Crippen molar-refractivity contribution in [3.63, 3.8) is 0 Å². The van der Waals surface area contributed by atoms with Crippen molar-refractivity contribution in [3.05, 3.63) is 0 Å². The van der Waals surface area contributed by atoms with Crippen LogP contribution < -0.4 is 5.32 Å². The molecule has 0 bridgehead atoms. The molecule has 19 heavy (non-hydrogen) atoms. The van der Waals surface area contributed by atoms with Crippen molar-refractivity contribution in [1.82, 2.24) is 10.2 Å². The number of hydrogen-bond donors (Lipinski definition) is 2. The molecule has 0 aromatic rings. The molecule has 1 rings (SSSR count). The number of likely N-dealkylation sites (tertiary alicyclic amines) is 1. The Balaban J connectivity index is 2.46. The summed E-state index contributed by atoms with van der Waals surface area (Å²) >= 11 is 0. The summed E-state index contributed by atoms with van der Waals surface area (Å²) in [6, 6.07) is -0.500. The van der Waals surface area contributed by atoms with Crippen molar-refractivity contribution < 1.29 is 19.4 Å². The van der Waals surface area contributed by atoms with Crippen LogP contribution in [0, 0.1) is 5.92 Å². The first kappa shape index (κ1) is 15.8. The third-order valence-corrected chi connectivity index (χ3v) is 3.57. The molecule has 1 heterocycles. The fraction of sp³-hybridized carbons (Fsp3) is 0.846. The summed E-state index contributed by atoms with van der Waals surface area (Å²) in [6.45, 7) is 5.13. The Morgan fingerprint density at radius 1 is 1.37 bits per heavy atom. The molecule has 1 atom stereocenters. The Labute approximate surface area is 114 Å². The summed E-state index contributed by atoms with van der Waals surface area (Å²) in [4.78, 5) is 24.6. The third-order valence-electron chi connectivity index (χ3n) is 3.57. The quantitative estimate of drug-likeness (QED) is 0.791. The summed E-state index contributed by atoms with van der Waals surface area (Å²) in [5, 5.41) is 11.7. The van der Waals surface area contributed by atoms with E-state index in [1.807, 2.05) is 13.8 Å². The van der Waals surface area contributed by atoms with Gasteiger partial charge >= 0.3 is 12.0 Å². The zero-order chi connectivity index (χ0) is 14.4. The van der Waals surface area contributed by atoms with Gasteiger partial charge in [-0.15, -0.1) is 0 Å². The van der Waals surface area contributed by atoms with Crippen LogP contribution in [0.5, 0.6) is 0 Å². The molecule has 6 nitrogen and oxygen atoms in total. The fourth-order valence-corrected chi connectivity index (χ4v) is 2.19. The predicted molar refractivity (Wildman–Crippen MR) is 71.0 cm³/mol. The molecule has 110 valence electrons. The topological polar surface area (TPSA) is 78.9 Å². The van der Waals surface area contributed by atoms with Crippen LogP contribution in [0.2, 0.25) is 0 Å². The highest BCUT2D eigenvalue weighted by Crippen LogP contribution is 2.14. The number of carbonyl (C=O) groups is 2. The van der Waals surface area contributed by atoms with Crippen molar-refractivity contribution in [2.75, 3.05) is 20.2 Å². The minimum Gasteiger partial charge on any atom is -0.481 e. The number of carboxylic acid groups (broad SMARTS) is 1. The number of rotatable bonds is 5. The molecular weight excluding hydrogens is 248 g/mol. The molecule has 0 aromatic carbocycles. The van der Waals surface area contributed by atoms with Crippen LogP contribution in [0.3, 0.4) is 0 Å². The van der Waals surface area contributed by atoms with Crippen LogP contribution in [-0.2, 0) is 9.53 Å². The largest absolute Gasteiger partial charge is 0.481 e. The maximum atomic E-state index is 12.1. The normalized spacial score (nSPS) is 18.4. The Bertz CT molecular complexity index is 312. The molecule has 1 aliphatic rings. The number of ether oxygens (including phenoxy) is 1. The summed E-state index contributed by atoms with van der Waals surface area (Å²) in [5.41, 5.74) is 0. The molecule has 0 spiro atoms. The lowest BCUT2D eigenvalue weighted by atomic mass is 10.0. The van der Waals surface area contributed by atoms with Crippen LogP contribution in [0.25, 0.3) is 0 Å². The van der Waals surface area contributed by atoms with Crippen molar-refractivity contribution in [3.8, 4) is 0 Å². The summed E-state index contributed by atoms with van der Waals surface area (Å²) in [5.74, 6) is -0.798. The predicted octanol–water partition coefficient (Wildman–Crippen LogP) is 1.31. The van der Waals surface area contributed by atoms with E-state index in [2.05, 4.69) is 5.32 Å². The number of nitrogens with zero attached hydrogens (tertiary/aromatic N) is 1. The maximum Gasteiger partial charge on any atom is 0.317 e. The van der Waals surface area contributed by atoms with E-state index in [1.165, 1.54) is 0 Å². The summed E-state index contributed by atoms with van der Waals surface area (Å²) in [7, 11) is 1.68. The van der Waals surface area contributed by atoms with Gasteiger partial charge in [-0.2, -0.15) is 0 Å². The lowest BCUT2D eigenvalue weighted by molar-refractivity contribution is -0.137. The minimum absolute atomic E-state index is 0.0437. The van der Waals surface area contributed by atoms with Crippen molar-refractivity contribution >= 4 is 12.0 Å². The third kappa shape index (κ3) is 5.06. The van der Waals surface area contributed by atoms with Gasteiger partial charge in [0.05, 0.1) is 12.5 Å². The second-order valence-corrected chi connectivity index (χ2v) is 5.32. The van der Waals surface area contributed by atoms with Gasteiger partial charge in [0.15, 0.2) is 0 Å². The van der Waals surface area contributed by atoms with E-state index in [0.717, 1.165) is 12.8 Å². The van der Waals surface area contributed by atoms with Gasteiger partial charge in [-0.25, -0.2) is 4.79 Å². The number of hydrogen-bond acceptors (Lipinski definition) is 3. The Morgan fingerprint density at radius 3 is 2.37 bits per heavy atom. The second-order valence-electron chi connectivity index (χ2n) is 5.32. The van der Waals surface area contributed by atoms with Gasteiger partial charge in [0, 0.05) is 26.2 Å². The Hall–Kier alpha value is -1.30. The first-order valence-electron chi connectivity index (χ1n) is 6.74. The number of aliphatic carboxylic acids is 1. The van der Waals surface area contributed by atoms with Crippen LogP contribution in [0.4, 0.5) is 4.79 Å². The second kappa shape index (κ2) is 7.33. The zero-order valence-electron chi connectivity index (χ0n) is 11.9. The van der Waals surface area contributed by atoms with Gasteiger partial charge in [0.2, 0.25) is 0 Å². The van der Waals surface area contributed by atoms with E-state index in [4.69, 9.17) is 9.84 Å². The zero-order valence-corrected chi connectivity index (χ0v) is 11.9. The lowest BCUT2D eigenvalue weighted by Gasteiger charge is -2.33. The van der Waals surface area contributed by atoms with Gasteiger partial charge in [-0.3, -0.25) is 4.79 Å². The molecule has 6 heteroatoms. The number of carbonyl (C=O) groups excluding carboxylic acids is 1.